The van der Waals surface area contributed by atoms with Crippen LogP contribution in [0.4, 0.5) is 0 Å². The van der Waals surface area contributed by atoms with Gasteiger partial charge in [-0.2, -0.15) is 5.10 Å². The molecular formula is C13H20ClN3O3S. The Morgan fingerprint density at radius 2 is 2.10 bits per heavy atom. The summed E-state index contributed by atoms with van der Waals surface area (Å²) in [4.78, 5) is 12.1. The number of H-pyrrole nitrogens is 1. The molecule has 2 N–H and O–H groups in total. The molecule has 118 valence electrons. The number of halogens is 1. The predicted octanol–water partition coefficient (Wildman–Crippen LogP) is 2.21. The Morgan fingerprint density at radius 3 is 2.62 bits per heavy atom. The quantitative estimate of drug-likeness (QED) is 0.808. The molecule has 1 heterocycles. The summed E-state index contributed by atoms with van der Waals surface area (Å²) in [6.45, 7) is 3.71. The van der Waals surface area contributed by atoms with Crippen LogP contribution in [0.2, 0.25) is 0 Å². The van der Waals surface area contributed by atoms with E-state index in [4.69, 9.17) is 10.7 Å². The first-order chi connectivity index (χ1) is 9.84. The third-order valence-corrected chi connectivity index (χ3v) is 5.46. The number of amides is 1. The number of nitrogens with zero attached hydrogens (tertiary/aromatic N) is 1. The lowest BCUT2D eigenvalue weighted by Crippen LogP contribution is -2.37. The van der Waals surface area contributed by atoms with E-state index < -0.39 is 15.0 Å². The third kappa shape index (κ3) is 3.58. The normalized spacial score (nSPS) is 17.9. The maximum Gasteiger partial charge on any atom is 0.273 e. The van der Waals surface area contributed by atoms with Gasteiger partial charge < -0.3 is 5.32 Å². The van der Waals surface area contributed by atoms with Gasteiger partial charge in [-0.3, -0.25) is 9.89 Å². The predicted molar refractivity (Wildman–Crippen MR) is 79.9 cm³/mol. The van der Waals surface area contributed by atoms with Gasteiger partial charge in [-0.05, 0) is 32.1 Å². The summed E-state index contributed by atoms with van der Waals surface area (Å²) in [5.41, 5.74) is 0.204. The minimum Gasteiger partial charge on any atom is -0.348 e. The van der Waals surface area contributed by atoms with Crippen molar-refractivity contribution in [2.24, 2.45) is 5.92 Å². The molecule has 8 heteroatoms. The number of hydrogen-bond donors (Lipinski definition) is 2. The summed E-state index contributed by atoms with van der Waals surface area (Å²) in [6, 6.07) is -0.00680. The van der Waals surface area contributed by atoms with Crippen LogP contribution in [-0.2, 0) is 15.5 Å². The van der Waals surface area contributed by atoms with Gasteiger partial charge in [0.15, 0.2) is 5.69 Å². The van der Waals surface area contributed by atoms with E-state index in [1.54, 1.807) is 6.92 Å². The SMILES string of the molecule is CCc1[nH]nc(C(=O)NC(C)C2CCCC2)c1S(=O)(=O)Cl. The molecule has 0 spiro atoms. The highest BCUT2D eigenvalue weighted by Crippen LogP contribution is 2.28. The van der Waals surface area contributed by atoms with Crippen molar-refractivity contribution in [3.8, 4) is 0 Å². The second-order valence-electron chi connectivity index (χ2n) is 5.48. The smallest absolute Gasteiger partial charge is 0.273 e. The average Bonchev–Trinajstić information content (AvgIpc) is 3.06. The highest BCUT2D eigenvalue weighted by molar-refractivity contribution is 8.13. The molecule has 1 aliphatic carbocycles. The standard InChI is InChI=1S/C13H20ClN3O3S/c1-3-10-12(21(14,19)20)11(17-16-10)13(18)15-8(2)9-6-4-5-7-9/h8-9H,3-7H2,1-2H3,(H,15,18)(H,16,17). The Kier molecular flexibility index (Phi) is 4.93. The Morgan fingerprint density at radius 1 is 1.48 bits per heavy atom. The van der Waals surface area contributed by atoms with Crippen LogP contribution in [0.15, 0.2) is 4.90 Å². The van der Waals surface area contributed by atoms with Crippen LogP contribution in [0.25, 0.3) is 0 Å². The number of carbonyl (C=O) groups is 1. The molecule has 6 nitrogen and oxygen atoms in total. The summed E-state index contributed by atoms with van der Waals surface area (Å²) in [5.74, 6) is -0.0563. The highest BCUT2D eigenvalue weighted by atomic mass is 35.7. The van der Waals surface area contributed by atoms with Crippen molar-refractivity contribution in [2.45, 2.75) is 56.9 Å². The zero-order valence-corrected chi connectivity index (χ0v) is 13.7. The van der Waals surface area contributed by atoms with Crippen LogP contribution in [0.3, 0.4) is 0 Å². The van der Waals surface area contributed by atoms with Gasteiger partial charge in [0.25, 0.3) is 15.0 Å². The molecule has 0 aromatic carbocycles. The largest absolute Gasteiger partial charge is 0.348 e. The van der Waals surface area contributed by atoms with Gasteiger partial charge in [-0.1, -0.05) is 19.8 Å². The summed E-state index contributed by atoms with van der Waals surface area (Å²) in [7, 11) is 1.41. The monoisotopic (exact) mass is 333 g/mol. The number of nitrogens with one attached hydrogen (secondary N) is 2. The van der Waals surface area contributed by atoms with E-state index in [2.05, 4.69) is 15.5 Å². The van der Waals surface area contributed by atoms with Gasteiger partial charge in [0, 0.05) is 16.7 Å². The van der Waals surface area contributed by atoms with Gasteiger partial charge >= 0.3 is 0 Å². The van der Waals surface area contributed by atoms with Crippen molar-refractivity contribution in [3.63, 3.8) is 0 Å². The van der Waals surface area contributed by atoms with Crippen molar-refractivity contribution in [1.29, 1.82) is 0 Å². The molecule has 0 radical (unpaired) electrons. The van der Waals surface area contributed by atoms with Gasteiger partial charge in [0.2, 0.25) is 0 Å². The van der Waals surface area contributed by atoms with E-state index in [-0.39, 0.29) is 16.6 Å². The van der Waals surface area contributed by atoms with Crippen molar-refractivity contribution in [1.82, 2.24) is 15.5 Å². The van der Waals surface area contributed by atoms with Crippen molar-refractivity contribution in [3.05, 3.63) is 11.4 Å². The molecule has 0 bridgehead atoms. The fourth-order valence-electron chi connectivity index (χ4n) is 2.87. The molecule has 1 fully saturated rings. The van der Waals surface area contributed by atoms with E-state index in [9.17, 15) is 13.2 Å². The van der Waals surface area contributed by atoms with Gasteiger partial charge in [0.05, 0.1) is 5.69 Å². The molecule has 1 amide bonds. The summed E-state index contributed by atoms with van der Waals surface area (Å²) in [5, 5.41) is 9.26. The average molecular weight is 334 g/mol. The number of aromatic amines is 1. The van der Waals surface area contributed by atoms with E-state index >= 15 is 0 Å². The van der Waals surface area contributed by atoms with Crippen LogP contribution >= 0.6 is 10.7 Å². The second-order valence-corrected chi connectivity index (χ2v) is 7.98. The van der Waals surface area contributed by atoms with E-state index in [0.717, 1.165) is 12.8 Å². The number of aryl methyl sites for hydroxylation is 1. The van der Waals surface area contributed by atoms with Crippen LogP contribution in [0, 0.1) is 5.92 Å². The Balaban J connectivity index is 2.21. The molecule has 2 rings (SSSR count). The number of hydrogen-bond acceptors (Lipinski definition) is 4. The summed E-state index contributed by atoms with van der Waals surface area (Å²) >= 11 is 0. The van der Waals surface area contributed by atoms with Crippen LogP contribution in [-0.4, -0.2) is 30.6 Å². The molecule has 1 atom stereocenters. The minimum atomic E-state index is -4.02. The summed E-state index contributed by atoms with van der Waals surface area (Å²) in [6.07, 6.45) is 4.93. The van der Waals surface area contributed by atoms with E-state index in [1.165, 1.54) is 12.8 Å². The second kappa shape index (κ2) is 6.36. The molecule has 21 heavy (non-hydrogen) atoms. The molecular weight excluding hydrogens is 314 g/mol. The number of aromatic nitrogens is 2. The van der Waals surface area contributed by atoms with Crippen molar-refractivity contribution >= 4 is 25.6 Å². The summed E-state index contributed by atoms with van der Waals surface area (Å²) < 4.78 is 23.3. The zero-order chi connectivity index (χ0) is 15.6. The van der Waals surface area contributed by atoms with Crippen molar-refractivity contribution in [2.75, 3.05) is 0 Å². The molecule has 0 saturated heterocycles. The molecule has 1 aliphatic rings. The molecule has 1 aromatic rings. The maximum absolute atomic E-state index is 12.3. The Labute approximate surface area is 129 Å². The Hall–Kier alpha value is -1.08. The molecule has 1 unspecified atom stereocenters. The number of carbonyl (C=O) groups excluding carboxylic acids is 1. The van der Waals surface area contributed by atoms with Crippen LogP contribution in [0.1, 0.15) is 55.7 Å². The van der Waals surface area contributed by atoms with E-state index in [1.807, 2.05) is 6.92 Å². The topological polar surface area (TPSA) is 91.9 Å². The first kappa shape index (κ1) is 16.3. The van der Waals surface area contributed by atoms with Gasteiger partial charge in [0.1, 0.15) is 4.90 Å². The Bertz CT molecular complexity index is 621. The molecule has 0 aliphatic heterocycles. The fraction of sp³-hybridized carbons (Fsp3) is 0.692. The lowest BCUT2D eigenvalue weighted by Gasteiger charge is -2.19. The van der Waals surface area contributed by atoms with E-state index in [0.29, 0.717) is 18.0 Å². The zero-order valence-electron chi connectivity index (χ0n) is 12.1. The molecule has 1 saturated carbocycles. The van der Waals surface area contributed by atoms with Gasteiger partial charge in [-0.15, -0.1) is 0 Å². The fourth-order valence-corrected chi connectivity index (χ4v) is 4.23. The minimum absolute atomic E-state index is 0.00680. The number of rotatable bonds is 5. The highest BCUT2D eigenvalue weighted by Gasteiger charge is 2.30. The van der Waals surface area contributed by atoms with Crippen LogP contribution < -0.4 is 5.32 Å². The lowest BCUT2D eigenvalue weighted by atomic mass is 10.00. The van der Waals surface area contributed by atoms with Crippen molar-refractivity contribution < 1.29 is 13.2 Å². The van der Waals surface area contributed by atoms with Crippen LogP contribution in [0.5, 0.6) is 0 Å². The lowest BCUT2D eigenvalue weighted by molar-refractivity contribution is 0.0918. The third-order valence-electron chi connectivity index (χ3n) is 4.07. The first-order valence-corrected chi connectivity index (χ1v) is 9.48. The first-order valence-electron chi connectivity index (χ1n) is 7.17. The van der Waals surface area contributed by atoms with Gasteiger partial charge in [-0.25, -0.2) is 8.42 Å². The molecule has 1 aromatic heterocycles. The maximum atomic E-state index is 12.3.